The van der Waals surface area contributed by atoms with Crippen LogP contribution in [-0.2, 0) is 41.6 Å². The van der Waals surface area contributed by atoms with Crippen molar-refractivity contribution in [3.8, 4) is 0 Å². The number of rotatable bonds is 16. The number of aryl methyl sites for hydroxylation is 2. The highest BCUT2D eigenvalue weighted by Crippen LogP contribution is 2.34. The Bertz CT molecular complexity index is 2460. The molecule has 77 heavy (non-hydrogen) atoms. The van der Waals surface area contributed by atoms with Crippen molar-refractivity contribution < 1.29 is 38.4 Å². The van der Waals surface area contributed by atoms with Crippen molar-refractivity contribution in [3.63, 3.8) is 0 Å². The second-order valence-electron chi connectivity index (χ2n) is 22.9. The molecule has 7 rings (SSSR count). The van der Waals surface area contributed by atoms with Crippen molar-refractivity contribution in [3.05, 3.63) is 88.5 Å². The standard InChI is InChI=1S/C55H78N12O8.2ClH/c1-30(56-9)46(68)64-44(54(3,4)5)52(74)66-27-34(25-40(66)48(70)62-38-23-15-19-32-17-11-13-21-36(32)38)60-50(72)42-43(59-29-58-42)51(73)61-35-26-41(49(71)63-39-24-16-20-33-18-12-14-22-37(33)39)67(28-35)53(75)45(55(6,7)8)65-47(69)31(2)57-10;;/h11-14,17-18,21-22,29-31,34-35,38-41,44-45,56-57H,15-16,19-20,23-28H2,1-10H3,(H,58,59)(H,60,72)(H,61,73)(H,62,70)(H,63,71)(H,64,68)(H,65,69);2*1H/t30-,31-,34-,35-,38+,39+,40-,41-,44+,45+;;/m0../s1. The fourth-order valence-corrected chi connectivity index (χ4v) is 10.8. The summed E-state index contributed by atoms with van der Waals surface area (Å²) in [6.45, 7) is 14.2. The third kappa shape index (κ3) is 14.3. The Balaban J connectivity index is 0.00000547. The van der Waals surface area contributed by atoms with E-state index in [-0.39, 0.29) is 74.2 Å². The van der Waals surface area contributed by atoms with E-state index in [2.05, 4.69) is 52.5 Å². The molecule has 1 aromatic heterocycles. The minimum Gasteiger partial charge on any atom is -0.347 e. The van der Waals surface area contributed by atoms with E-state index in [0.717, 1.165) is 47.9 Å². The van der Waals surface area contributed by atoms with Crippen LogP contribution in [0.25, 0.3) is 0 Å². The summed E-state index contributed by atoms with van der Waals surface area (Å²) in [7, 11) is 3.28. The van der Waals surface area contributed by atoms with Crippen LogP contribution in [0.1, 0.15) is 149 Å². The molecule has 3 heterocycles. The first kappa shape index (κ1) is 61.8. The van der Waals surface area contributed by atoms with E-state index in [0.29, 0.717) is 12.8 Å². The molecule has 2 saturated heterocycles. The maximum atomic E-state index is 14.7. The maximum absolute atomic E-state index is 14.7. The monoisotopic (exact) mass is 1110 g/mol. The molecule has 0 bridgehead atoms. The van der Waals surface area contributed by atoms with Crippen LogP contribution in [0.3, 0.4) is 0 Å². The normalized spacial score (nSPS) is 22.5. The van der Waals surface area contributed by atoms with Gasteiger partial charge in [-0.05, 0) is 112 Å². The topological polar surface area (TPSA) is 268 Å². The van der Waals surface area contributed by atoms with Crippen molar-refractivity contribution in [1.82, 2.24) is 62.3 Å². The highest BCUT2D eigenvalue weighted by atomic mass is 35.5. The Morgan fingerprint density at radius 1 is 0.597 bits per heavy atom. The predicted octanol–water partition coefficient (Wildman–Crippen LogP) is 3.32. The molecule has 0 radical (unpaired) electrons. The van der Waals surface area contributed by atoms with Crippen LogP contribution >= 0.6 is 24.8 Å². The molecule has 9 N–H and O–H groups in total. The lowest BCUT2D eigenvalue weighted by Crippen LogP contribution is -2.59. The van der Waals surface area contributed by atoms with Gasteiger partial charge in [0, 0.05) is 25.2 Å². The lowest BCUT2D eigenvalue weighted by Gasteiger charge is -2.36. The van der Waals surface area contributed by atoms with Gasteiger partial charge in [0.15, 0.2) is 5.69 Å². The summed E-state index contributed by atoms with van der Waals surface area (Å²) in [5, 5.41) is 23.9. The molecule has 422 valence electrons. The molecular weight excluding hydrogens is 1030 g/mol. The second kappa shape index (κ2) is 26.0. The molecule has 0 spiro atoms. The van der Waals surface area contributed by atoms with Crippen LogP contribution in [0.4, 0.5) is 0 Å². The van der Waals surface area contributed by atoms with Gasteiger partial charge < -0.3 is 57.3 Å². The van der Waals surface area contributed by atoms with Gasteiger partial charge in [-0.3, -0.25) is 38.4 Å². The SMILES string of the molecule is CN[C@@H](C)C(=O)N[C@H](C(=O)N1C[C@@H](NC(=O)c2nc[nH]c2C(=O)N[C@H]2C[C@@H](C(=O)N[C@@H]3CCCc4ccccc43)N(C(=O)[C@@H](NC(=O)[C@H](C)NC)C(C)(C)C)C2)C[C@H]1C(=O)N[C@@H]1CCCc2ccccc21)C(C)(C)C.Cl.Cl. The third-order valence-corrected chi connectivity index (χ3v) is 15.3. The van der Waals surface area contributed by atoms with Gasteiger partial charge in [0.05, 0.1) is 30.5 Å². The lowest BCUT2D eigenvalue weighted by atomic mass is 9.85. The van der Waals surface area contributed by atoms with Crippen molar-refractivity contribution in [2.24, 2.45) is 10.8 Å². The van der Waals surface area contributed by atoms with Gasteiger partial charge in [0.25, 0.3) is 11.8 Å². The number of benzene rings is 2. The Kier molecular flexibility index (Phi) is 20.9. The molecule has 8 amide bonds. The summed E-state index contributed by atoms with van der Waals surface area (Å²) in [5.74, 6) is -3.99. The Morgan fingerprint density at radius 3 is 1.40 bits per heavy atom. The number of carbonyl (C=O) groups excluding carboxylic acids is 8. The molecule has 2 aliphatic carbocycles. The smallest absolute Gasteiger partial charge is 0.272 e. The molecule has 2 aromatic carbocycles. The number of hydrogen-bond acceptors (Lipinski definition) is 11. The van der Waals surface area contributed by atoms with Crippen molar-refractivity contribution in [2.45, 2.75) is 167 Å². The zero-order valence-corrected chi connectivity index (χ0v) is 47.6. The number of carbonyl (C=O) groups is 8. The van der Waals surface area contributed by atoms with Crippen LogP contribution in [0, 0.1) is 10.8 Å². The number of amides is 8. The fraction of sp³-hybridized carbons (Fsp3) is 0.582. The van der Waals surface area contributed by atoms with Crippen LogP contribution < -0.4 is 42.5 Å². The summed E-state index contributed by atoms with van der Waals surface area (Å²) in [5.41, 5.74) is 2.36. The molecule has 3 aromatic rings. The number of halogens is 2. The summed E-state index contributed by atoms with van der Waals surface area (Å²) >= 11 is 0. The van der Waals surface area contributed by atoms with Gasteiger partial charge in [-0.15, -0.1) is 24.8 Å². The number of fused-ring (bicyclic) bond motifs is 2. The Hall–Kier alpha value is -6.09. The average Bonchev–Trinajstić information content (AvgIpc) is 4.16. The summed E-state index contributed by atoms with van der Waals surface area (Å²) in [4.78, 5) is 123. The highest BCUT2D eigenvalue weighted by Gasteiger charge is 2.48. The largest absolute Gasteiger partial charge is 0.347 e. The Labute approximate surface area is 464 Å². The van der Waals surface area contributed by atoms with E-state index in [1.807, 2.05) is 90.1 Å². The number of imidazole rings is 1. The molecule has 4 aliphatic rings. The minimum atomic E-state index is -1.03. The van der Waals surface area contributed by atoms with Crippen molar-refractivity contribution in [2.75, 3.05) is 27.2 Å². The van der Waals surface area contributed by atoms with Crippen LogP contribution in [0.15, 0.2) is 54.9 Å². The molecular formula is C55H80Cl2N12O8. The van der Waals surface area contributed by atoms with Gasteiger partial charge in [0.2, 0.25) is 35.4 Å². The first-order chi connectivity index (χ1) is 35.5. The lowest BCUT2D eigenvalue weighted by molar-refractivity contribution is -0.144. The van der Waals surface area contributed by atoms with E-state index in [1.54, 1.807) is 27.9 Å². The fourth-order valence-electron chi connectivity index (χ4n) is 10.8. The van der Waals surface area contributed by atoms with Crippen LogP contribution in [-0.4, -0.2) is 143 Å². The highest BCUT2D eigenvalue weighted by molar-refractivity contribution is 6.05. The molecule has 20 nitrogen and oxygen atoms in total. The number of hydrogen-bond donors (Lipinski definition) is 9. The van der Waals surface area contributed by atoms with Crippen molar-refractivity contribution in [1.29, 1.82) is 0 Å². The number of aromatic nitrogens is 2. The maximum Gasteiger partial charge on any atom is 0.272 e. The molecule has 2 aliphatic heterocycles. The van der Waals surface area contributed by atoms with E-state index in [1.165, 1.54) is 16.1 Å². The van der Waals surface area contributed by atoms with E-state index >= 15 is 0 Å². The van der Waals surface area contributed by atoms with Crippen molar-refractivity contribution >= 4 is 72.1 Å². The molecule has 0 saturated carbocycles. The average molecular weight is 1110 g/mol. The minimum absolute atomic E-state index is 0. The third-order valence-electron chi connectivity index (χ3n) is 15.3. The van der Waals surface area contributed by atoms with Crippen LogP contribution in [0.5, 0.6) is 0 Å². The molecule has 10 atom stereocenters. The zero-order chi connectivity index (χ0) is 54.5. The number of nitrogens with one attached hydrogen (secondary N) is 9. The van der Waals surface area contributed by atoms with E-state index < -0.39 is 106 Å². The predicted molar refractivity (Wildman–Crippen MR) is 296 cm³/mol. The summed E-state index contributed by atoms with van der Waals surface area (Å²) in [6.07, 6.45) is 6.21. The van der Waals surface area contributed by atoms with Gasteiger partial charge in [-0.2, -0.15) is 0 Å². The number of likely N-dealkylation sites (N-methyl/N-ethyl adjacent to an activating group) is 2. The first-order valence-corrected chi connectivity index (χ1v) is 26.5. The second-order valence-corrected chi connectivity index (χ2v) is 22.9. The number of H-pyrrole nitrogens is 1. The van der Waals surface area contributed by atoms with E-state index in [9.17, 15) is 38.4 Å². The summed E-state index contributed by atoms with van der Waals surface area (Å²) in [6, 6.07) is 8.48. The number of aromatic amines is 1. The number of likely N-dealkylation sites (tertiary alicyclic amines) is 2. The van der Waals surface area contributed by atoms with Gasteiger partial charge in [-0.25, -0.2) is 4.98 Å². The van der Waals surface area contributed by atoms with Gasteiger partial charge >= 0.3 is 0 Å². The van der Waals surface area contributed by atoms with Gasteiger partial charge in [-0.1, -0.05) is 90.1 Å². The number of nitrogens with zero attached hydrogens (tertiary/aromatic N) is 3. The quantitative estimate of drug-likeness (QED) is 0.100. The zero-order valence-electron chi connectivity index (χ0n) is 46.0. The first-order valence-electron chi connectivity index (χ1n) is 26.5. The molecule has 22 heteroatoms. The molecule has 0 unspecified atom stereocenters. The van der Waals surface area contributed by atoms with Gasteiger partial charge in [0.1, 0.15) is 29.9 Å². The molecule has 2 fully saturated rings. The van der Waals surface area contributed by atoms with Crippen LogP contribution in [0.2, 0.25) is 0 Å². The van der Waals surface area contributed by atoms with E-state index in [4.69, 9.17) is 0 Å². The summed E-state index contributed by atoms with van der Waals surface area (Å²) < 4.78 is 0. The Morgan fingerprint density at radius 2 is 1.00 bits per heavy atom.